The minimum Gasteiger partial charge on any atom is -0.366 e. The van der Waals surface area contributed by atoms with E-state index in [-0.39, 0.29) is 5.41 Å². The van der Waals surface area contributed by atoms with Gasteiger partial charge in [-0.1, -0.05) is 47.1 Å². The highest BCUT2D eigenvalue weighted by Gasteiger charge is 2.61. The highest BCUT2D eigenvalue weighted by atomic mass is 35.5. The van der Waals surface area contributed by atoms with Crippen LogP contribution in [0, 0.1) is 0 Å². The Morgan fingerprint density at radius 1 is 1.09 bits per heavy atom. The molecule has 4 heteroatoms. The van der Waals surface area contributed by atoms with Crippen LogP contribution in [0.5, 0.6) is 0 Å². The number of oxime groups is 1. The van der Waals surface area contributed by atoms with Gasteiger partial charge in [0.25, 0.3) is 0 Å². The minimum atomic E-state index is -0.480. The van der Waals surface area contributed by atoms with Crippen LogP contribution in [0.2, 0.25) is 5.02 Å². The molecule has 23 heavy (non-hydrogen) atoms. The zero-order valence-electron chi connectivity index (χ0n) is 13.5. The number of hydrogen-bond acceptors (Lipinski definition) is 3. The Morgan fingerprint density at radius 3 is 2.48 bits per heavy atom. The summed E-state index contributed by atoms with van der Waals surface area (Å²) in [5.74, 6) is 0. The molecule has 4 rings (SSSR count). The van der Waals surface area contributed by atoms with Gasteiger partial charge in [-0.15, -0.1) is 0 Å². The monoisotopic (exact) mass is 326 g/mol. The summed E-state index contributed by atoms with van der Waals surface area (Å²) in [5, 5.41) is 5.16. The maximum Gasteiger partial charge on any atom is 0.224 e. The lowest BCUT2D eigenvalue weighted by atomic mass is 9.75. The number of halogens is 1. The number of hydrogen-bond donors (Lipinski definition) is 0. The number of likely N-dealkylation sites (N-methyl/N-ethyl adjacent to an activating group) is 1. The third kappa shape index (κ3) is 1.86. The average molecular weight is 327 g/mol. The van der Waals surface area contributed by atoms with Gasteiger partial charge >= 0.3 is 0 Å². The molecule has 3 nitrogen and oxygen atoms in total. The van der Waals surface area contributed by atoms with Crippen LogP contribution in [-0.2, 0) is 10.3 Å². The van der Waals surface area contributed by atoms with Crippen molar-refractivity contribution in [3.63, 3.8) is 0 Å². The van der Waals surface area contributed by atoms with E-state index in [9.17, 15) is 0 Å². The molecule has 0 aromatic heterocycles. The van der Waals surface area contributed by atoms with E-state index < -0.39 is 5.72 Å². The predicted octanol–water partition coefficient (Wildman–Crippen LogP) is 4.59. The van der Waals surface area contributed by atoms with E-state index in [0.29, 0.717) is 0 Å². The van der Waals surface area contributed by atoms with Crippen molar-refractivity contribution < 1.29 is 4.84 Å². The standard InChI is InChI=1S/C19H19ClN2O/c1-18(2)15-6-4-5-7-17(15)22(3)19(18)12-16(21-23-19)13-8-10-14(20)11-9-13/h4-11H,12H2,1-3H3. The number of fused-ring (bicyclic) bond motifs is 1. The summed E-state index contributed by atoms with van der Waals surface area (Å²) in [7, 11) is 2.09. The van der Waals surface area contributed by atoms with Gasteiger partial charge in [0.2, 0.25) is 5.72 Å². The molecule has 2 heterocycles. The summed E-state index contributed by atoms with van der Waals surface area (Å²) in [5.41, 5.74) is 3.91. The van der Waals surface area contributed by atoms with Gasteiger partial charge in [-0.05, 0) is 43.2 Å². The summed E-state index contributed by atoms with van der Waals surface area (Å²) in [6.45, 7) is 4.46. The summed E-state index contributed by atoms with van der Waals surface area (Å²) >= 11 is 5.99. The van der Waals surface area contributed by atoms with Gasteiger partial charge in [-0.2, -0.15) is 0 Å². The molecular formula is C19H19ClN2O. The van der Waals surface area contributed by atoms with Gasteiger partial charge in [0.05, 0.1) is 17.5 Å². The zero-order chi connectivity index (χ0) is 16.2. The zero-order valence-corrected chi connectivity index (χ0v) is 14.3. The molecule has 0 N–H and O–H groups in total. The molecule has 118 valence electrons. The molecule has 2 aliphatic heterocycles. The second kappa shape index (κ2) is 4.75. The molecule has 0 radical (unpaired) electrons. The van der Waals surface area contributed by atoms with Crippen LogP contribution in [0.1, 0.15) is 31.4 Å². The van der Waals surface area contributed by atoms with E-state index in [2.05, 4.69) is 55.2 Å². The molecule has 1 spiro atoms. The second-order valence-corrected chi connectivity index (χ2v) is 7.23. The highest BCUT2D eigenvalue weighted by molar-refractivity contribution is 6.30. The second-order valence-electron chi connectivity index (χ2n) is 6.80. The van der Waals surface area contributed by atoms with E-state index in [1.165, 1.54) is 11.3 Å². The number of benzene rings is 2. The summed E-state index contributed by atoms with van der Waals surface area (Å²) in [6, 6.07) is 16.3. The van der Waals surface area contributed by atoms with Gasteiger partial charge in [0.1, 0.15) is 0 Å². The Labute approximate surface area is 141 Å². The molecule has 0 amide bonds. The maximum absolute atomic E-state index is 6.09. The number of rotatable bonds is 1. The molecule has 2 aromatic carbocycles. The van der Waals surface area contributed by atoms with E-state index in [1.807, 2.05) is 24.3 Å². The predicted molar refractivity (Wildman–Crippen MR) is 94.3 cm³/mol. The molecule has 0 aliphatic carbocycles. The smallest absolute Gasteiger partial charge is 0.224 e. The third-order valence-electron chi connectivity index (χ3n) is 5.35. The van der Waals surface area contributed by atoms with Crippen molar-refractivity contribution in [3.8, 4) is 0 Å². The van der Waals surface area contributed by atoms with Crippen molar-refractivity contribution in [1.82, 2.24) is 0 Å². The summed E-state index contributed by atoms with van der Waals surface area (Å²) < 4.78 is 0. The van der Waals surface area contributed by atoms with Crippen molar-refractivity contribution in [3.05, 3.63) is 64.7 Å². The van der Waals surface area contributed by atoms with Crippen LogP contribution >= 0.6 is 11.6 Å². The lowest BCUT2D eigenvalue weighted by Gasteiger charge is -2.40. The first-order valence-electron chi connectivity index (χ1n) is 7.80. The quantitative estimate of drug-likeness (QED) is 0.765. The number of nitrogens with zero attached hydrogens (tertiary/aromatic N) is 2. The normalized spacial score (nSPS) is 24.5. The molecule has 1 atom stereocenters. The van der Waals surface area contributed by atoms with Crippen LogP contribution in [0.25, 0.3) is 0 Å². The van der Waals surface area contributed by atoms with Crippen LogP contribution in [-0.4, -0.2) is 18.5 Å². The molecule has 2 aliphatic rings. The number of anilines is 1. The van der Waals surface area contributed by atoms with E-state index in [0.717, 1.165) is 22.7 Å². The van der Waals surface area contributed by atoms with Gasteiger partial charge in [0.15, 0.2) is 0 Å². The van der Waals surface area contributed by atoms with Crippen molar-refractivity contribution in [2.75, 3.05) is 11.9 Å². The summed E-state index contributed by atoms with van der Waals surface area (Å²) in [6.07, 6.45) is 0.743. The Bertz CT molecular complexity index is 797. The van der Waals surface area contributed by atoms with Gasteiger partial charge in [0, 0.05) is 17.8 Å². The van der Waals surface area contributed by atoms with Gasteiger partial charge < -0.3 is 9.74 Å². The third-order valence-corrected chi connectivity index (χ3v) is 5.60. The molecular weight excluding hydrogens is 308 g/mol. The Kier molecular flexibility index (Phi) is 3.01. The first kappa shape index (κ1) is 14.6. The van der Waals surface area contributed by atoms with Crippen LogP contribution < -0.4 is 4.90 Å². The molecule has 1 unspecified atom stereocenters. The SMILES string of the molecule is CN1c2ccccc2C(C)(C)C12CC(c1ccc(Cl)cc1)=NO2. The van der Waals surface area contributed by atoms with Crippen molar-refractivity contribution in [2.24, 2.45) is 5.16 Å². The highest BCUT2D eigenvalue weighted by Crippen LogP contribution is 2.55. The molecule has 0 bridgehead atoms. The molecule has 0 saturated carbocycles. The molecule has 0 saturated heterocycles. The first-order valence-corrected chi connectivity index (χ1v) is 8.18. The Balaban J connectivity index is 1.73. The minimum absolute atomic E-state index is 0.157. The van der Waals surface area contributed by atoms with Crippen LogP contribution in [0.4, 0.5) is 5.69 Å². The van der Waals surface area contributed by atoms with Gasteiger partial charge in [-0.3, -0.25) is 0 Å². The van der Waals surface area contributed by atoms with E-state index >= 15 is 0 Å². The fourth-order valence-corrected chi connectivity index (χ4v) is 3.98. The lowest BCUT2D eigenvalue weighted by molar-refractivity contribution is -0.0591. The molecule has 0 fully saturated rings. The Morgan fingerprint density at radius 2 is 1.78 bits per heavy atom. The molecule has 2 aromatic rings. The fourth-order valence-electron chi connectivity index (χ4n) is 3.85. The number of para-hydroxylation sites is 1. The Hall–Kier alpha value is -2.00. The largest absolute Gasteiger partial charge is 0.366 e. The van der Waals surface area contributed by atoms with Crippen molar-refractivity contribution in [1.29, 1.82) is 0 Å². The van der Waals surface area contributed by atoms with Crippen LogP contribution in [0.3, 0.4) is 0 Å². The maximum atomic E-state index is 6.09. The fraction of sp³-hybridized carbons (Fsp3) is 0.316. The first-order chi connectivity index (χ1) is 11.0. The van der Waals surface area contributed by atoms with E-state index in [1.54, 1.807) is 0 Å². The summed E-state index contributed by atoms with van der Waals surface area (Å²) in [4.78, 5) is 8.32. The van der Waals surface area contributed by atoms with Crippen molar-refractivity contribution >= 4 is 23.0 Å². The average Bonchev–Trinajstić information content (AvgIpc) is 3.07. The van der Waals surface area contributed by atoms with E-state index in [4.69, 9.17) is 16.4 Å². The van der Waals surface area contributed by atoms with Crippen LogP contribution in [0.15, 0.2) is 53.7 Å². The lowest BCUT2D eigenvalue weighted by Crippen LogP contribution is -2.54. The van der Waals surface area contributed by atoms with Gasteiger partial charge in [-0.25, -0.2) is 0 Å². The topological polar surface area (TPSA) is 24.8 Å². The van der Waals surface area contributed by atoms with Crippen molar-refractivity contribution in [2.45, 2.75) is 31.4 Å².